The summed E-state index contributed by atoms with van der Waals surface area (Å²) in [7, 11) is -3.93. The zero-order valence-corrected chi connectivity index (χ0v) is 17.2. The molecule has 0 amide bonds. The quantitative estimate of drug-likeness (QED) is 0.590. The van der Waals surface area contributed by atoms with Crippen molar-refractivity contribution < 1.29 is 17.9 Å². The monoisotopic (exact) mass is 410 g/mol. The molecule has 0 aliphatic carbocycles. The number of aromatic nitrogens is 1. The summed E-state index contributed by atoms with van der Waals surface area (Å²) in [6.07, 6.45) is 1.50. The molecule has 0 aliphatic rings. The van der Waals surface area contributed by atoms with Crippen LogP contribution in [-0.4, -0.2) is 25.3 Å². The van der Waals surface area contributed by atoms with Crippen LogP contribution in [0.25, 0.3) is 0 Å². The number of aryl methyl sites for hydroxylation is 1. The number of nitrogens with zero attached hydrogens (tertiary/aromatic N) is 1. The molecule has 0 bridgehead atoms. The SMILES string of the molecule is Cc1cnc(NS(=O)(=O)c2ccc(OC(C)C)cc2)c(C(=O)c2ccccc2)c1. The van der Waals surface area contributed by atoms with Crippen molar-refractivity contribution in [2.75, 3.05) is 4.72 Å². The number of rotatable bonds is 7. The third-order valence-corrected chi connectivity index (χ3v) is 5.40. The van der Waals surface area contributed by atoms with Gasteiger partial charge in [0.05, 0.1) is 16.6 Å². The van der Waals surface area contributed by atoms with Gasteiger partial charge in [-0.1, -0.05) is 30.3 Å². The number of pyridine rings is 1. The molecular formula is C22H22N2O4S. The summed E-state index contributed by atoms with van der Waals surface area (Å²) in [6.45, 7) is 5.57. The van der Waals surface area contributed by atoms with Crippen molar-refractivity contribution in [2.45, 2.75) is 31.8 Å². The van der Waals surface area contributed by atoms with Crippen molar-refractivity contribution in [3.8, 4) is 5.75 Å². The number of carbonyl (C=O) groups excluding carboxylic acids is 1. The first-order valence-corrected chi connectivity index (χ1v) is 10.6. The van der Waals surface area contributed by atoms with Gasteiger partial charge in [0.1, 0.15) is 5.75 Å². The molecule has 2 aromatic carbocycles. The summed E-state index contributed by atoms with van der Waals surface area (Å²) >= 11 is 0. The van der Waals surface area contributed by atoms with E-state index in [0.717, 1.165) is 5.56 Å². The Bertz CT molecular complexity index is 1110. The minimum Gasteiger partial charge on any atom is -0.491 e. The van der Waals surface area contributed by atoms with Gasteiger partial charge in [-0.05, 0) is 56.7 Å². The van der Waals surface area contributed by atoms with Gasteiger partial charge >= 0.3 is 0 Å². The number of nitrogens with one attached hydrogen (secondary N) is 1. The van der Waals surface area contributed by atoms with E-state index >= 15 is 0 Å². The Morgan fingerprint density at radius 1 is 1.03 bits per heavy atom. The van der Waals surface area contributed by atoms with Crippen molar-refractivity contribution in [3.05, 3.63) is 83.6 Å². The smallest absolute Gasteiger partial charge is 0.263 e. The minimum absolute atomic E-state index is 0.00744. The molecule has 0 aliphatic heterocycles. The summed E-state index contributed by atoms with van der Waals surface area (Å²) in [6, 6.07) is 16.4. The van der Waals surface area contributed by atoms with Gasteiger partial charge in [0, 0.05) is 11.8 Å². The van der Waals surface area contributed by atoms with E-state index in [-0.39, 0.29) is 28.2 Å². The second kappa shape index (κ2) is 8.45. The fraction of sp³-hybridized carbons (Fsp3) is 0.182. The van der Waals surface area contributed by atoms with Gasteiger partial charge in [-0.2, -0.15) is 0 Å². The van der Waals surface area contributed by atoms with Gasteiger partial charge in [-0.25, -0.2) is 13.4 Å². The zero-order chi connectivity index (χ0) is 21.0. The largest absolute Gasteiger partial charge is 0.491 e. The summed E-state index contributed by atoms with van der Waals surface area (Å²) in [5, 5.41) is 0. The second-order valence-electron chi connectivity index (χ2n) is 6.85. The lowest BCUT2D eigenvalue weighted by Crippen LogP contribution is -2.17. The van der Waals surface area contributed by atoms with Gasteiger partial charge in [0.25, 0.3) is 10.0 Å². The highest BCUT2D eigenvalue weighted by atomic mass is 32.2. The van der Waals surface area contributed by atoms with E-state index in [2.05, 4.69) is 9.71 Å². The van der Waals surface area contributed by atoms with E-state index in [0.29, 0.717) is 11.3 Å². The van der Waals surface area contributed by atoms with Crippen molar-refractivity contribution in [1.29, 1.82) is 0 Å². The Morgan fingerprint density at radius 2 is 1.69 bits per heavy atom. The number of benzene rings is 2. The maximum Gasteiger partial charge on any atom is 0.263 e. The normalized spacial score (nSPS) is 11.3. The van der Waals surface area contributed by atoms with Crippen LogP contribution in [0.2, 0.25) is 0 Å². The lowest BCUT2D eigenvalue weighted by atomic mass is 10.0. The molecule has 1 heterocycles. The highest BCUT2D eigenvalue weighted by Gasteiger charge is 2.21. The molecule has 1 N–H and O–H groups in total. The number of sulfonamides is 1. The highest BCUT2D eigenvalue weighted by Crippen LogP contribution is 2.23. The molecule has 0 fully saturated rings. The Morgan fingerprint density at radius 3 is 2.31 bits per heavy atom. The van der Waals surface area contributed by atoms with Crippen molar-refractivity contribution >= 4 is 21.6 Å². The van der Waals surface area contributed by atoms with Crippen LogP contribution in [0.15, 0.2) is 71.8 Å². The van der Waals surface area contributed by atoms with Gasteiger partial charge in [0.2, 0.25) is 0 Å². The van der Waals surface area contributed by atoms with Crippen LogP contribution >= 0.6 is 0 Å². The van der Waals surface area contributed by atoms with Crippen LogP contribution in [0.5, 0.6) is 5.75 Å². The minimum atomic E-state index is -3.93. The molecule has 0 unspecified atom stereocenters. The topological polar surface area (TPSA) is 85.4 Å². The van der Waals surface area contributed by atoms with Crippen molar-refractivity contribution in [3.63, 3.8) is 0 Å². The highest BCUT2D eigenvalue weighted by molar-refractivity contribution is 7.92. The molecule has 7 heteroatoms. The predicted molar refractivity (Wildman–Crippen MR) is 112 cm³/mol. The molecule has 150 valence electrons. The fourth-order valence-electron chi connectivity index (χ4n) is 2.72. The van der Waals surface area contributed by atoms with Crippen LogP contribution < -0.4 is 9.46 Å². The average molecular weight is 410 g/mol. The molecule has 3 aromatic rings. The van der Waals surface area contributed by atoms with Crippen LogP contribution in [0, 0.1) is 6.92 Å². The average Bonchev–Trinajstić information content (AvgIpc) is 2.69. The predicted octanol–water partition coefficient (Wildman–Crippen LogP) is 4.21. The Kier molecular flexibility index (Phi) is 5.98. The standard InChI is InChI=1S/C22H22N2O4S/c1-15(2)28-18-9-11-19(12-10-18)29(26,27)24-22-20(13-16(3)14-23-22)21(25)17-7-5-4-6-8-17/h4-15H,1-3H3,(H,23,24). The van der Waals surface area contributed by atoms with Gasteiger partial charge in [-0.3, -0.25) is 9.52 Å². The van der Waals surface area contributed by atoms with Crippen LogP contribution in [0.4, 0.5) is 5.82 Å². The Hall–Kier alpha value is -3.19. The van der Waals surface area contributed by atoms with Crippen LogP contribution in [0.3, 0.4) is 0 Å². The lowest BCUT2D eigenvalue weighted by molar-refractivity contribution is 0.103. The third-order valence-electron chi connectivity index (χ3n) is 4.04. The molecule has 0 atom stereocenters. The van der Waals surface area contributed by atoms with Crippen LogP contribution in [0.1, 0.15) is 35.3 Å². The maximum absolute atomic E-state index is 12.9. The molecule has 29 heavy (non-hydrogen) atoms. The van der Waals surface area contributed by atoms with E-state index in [1.165, 1.54) is 18.3 Å². The number of ether oxygens (including phenoxy) is 1. The number of ketones is 1. The number of carbonyl (C=O) groups is 1. The lowest BCUT2D eigenvalue weighted by Gasteiger charge is -2.13. The first kappa shape index (κ1) is 20.5. The molecular weight excluding hydrogens is 388 g/mol. The molecule has 0 saturated heterocycles. The molecule has 6 nitrogen and oxygen atoms in total. The summed E-state index contributed by atoms with van der Waals surface area (Å²) in [5.74, 6) is 0.263. The van der Waals surface area contributed by atoms with Gasteiger partial charge in [0.15, 0.2) is 11.6 Å². The van der Waals surface area contributed by atoms with Crippen LogP contribution in [-0.2, 0) is 10.0 Å². The summed E-state index contributed by atoms with van der Waals surface area (Å²) in [4.78, 5) is 17.1. The maximum atomic E-state index is 12.9. The number of hydrogen-bond acceptors (Lipinski definition) is 5. The first-order chi connectivity index (χ1) is 13.8. The zero-order valence-electron chi connectivity index (χ0n) is 16.4. The van der Waals surface area contributed by atoms with E-state index in [1.54, 1.807) is 49.4 Å². The van der Waals surface area contributed by atoms with Gasteiger partial charge < -0.3 is 4.74 Å². The number of hydrogen-bond donors (Lipinski definition) is 1. The fourth-order valence-corrected chi connectivity index (χ4v) is 3.75. The molecule has 1 aromatic heterocycles. The number of anilines is 1. The molecule has 0 saturated carbocycles. The van der Waals surface area contributed by atoms with Crippen molar-refractivity contribution in [2.24, 2.45) is 0 Å². The van der Waals surface area contributed by atoms with E-state index in [9.17, 15) is 13.2 Å². The first-order valence-electron chi connectivity index (χ1n) is 9.12. The Balaban J connectivity index is 1.92. The molecule has 0 spiro atoms. The summed E-state index contributed by atoms with van der Waals surface area (Å²) in [5.41, 5.74) is 1.40. The second-order valence-corrected chi connectivity index (χ2v) is 8.53. The molecule has 0 radical (unpaired) electrons. The van der Waals surface area contributed by atoms with E-state index in [1.807, 2.05) is 19.9 Å². The van der Waals surface area contributed by atoms with Gasteiger partial charge in [-0.15, -0.1) is 0 Å². The van der Waals surface area contributed by atoms with E-state index < -0.39 is 10.0 Å². The third kappa shape index (κ3) is 5.00. The van der Waals surface area contributed by atoms with E-state index in [4.69, 9.17) is 4.74 Å². The van der Waals surface area contributed by atoms with Crippen molar-refractivity contribution in [1.82, 2.24) is 4.98 Å². The molecule has 3 rings (SSSR count). The summed E-state index contributed by atoms with van der Waals surface area (Å²) < 4.78 is 33.6. The Labute approximate surface area is 170 Å².